The molecule has 0 spiro atoms. The number of carbonyl (C=O) groups excluding carboxylic acids is 3. The van der Waals surface area contributed by atoms with Gasteiger partial charge in [0, 0.05) is 24.9 Å². The summed E-state index contributed by atoms with van der Waals surface area (Å²) >= 11 is 1.26. The maximum Gasteiger partial charge on any atom is 0.321 e. The van der Waals surface area contributed by atoms with E-state index in [0.29, 0.717) is 23.4 Å². The Balaban J connectivity index is 1.59. The van der Waals surface area contributed by atoms with Crippen molar-refractivity contribution in [3.63, 3.8) is 0 Å². The summed E-state index contributed by atoms with van der Waals surface area (Å²) in [6, 6.07) is 0.0566. The molecule has 2 fully saturated rings. The molecule has 136 valence electrons. The standard InChI is InChI=1S/C15H22N6O3S/c1-8(13(23)18-14(24)17-9-2-3-9)25-15-20-19-12(7-6-11(16)22)21(15)10-4-5-10/h8-10H,2-7H2,1H3,(H2,16,22)(H2,17,18,23,24)/t8-/m1/s1. The molecule has 2 saturated carbocycles. The van der Waals surface area contributed by atoms with Gasteiger partial charge in [-0.1, -0.05) is 11.8 Å². The highest BCUT2D eigenvalue weighted by Gasteiger charge is 2.31. The second kappa shape index (κ2) is 7.42. The summed E-state index contributed by atoms with van der Waals surface area (Å²) in [4.78, 5) is 34.8. The van der Waals surface area contributed by atoms with E-state index in [4.69, 9.17) is 5.73 Å². The Hall–Kier alpha value is -2.10. The van der Waals surface area contributed by atoms with Crippen molar-refractivity contribution in [2.45, 2.75) is 67.9 Å². The van der Waals surface area contributed by atoms with Crippen molar-refractivity contribution in [2.75, 3.05) is 0 Å². The highest BCUT2D eigenvalue weighted by atomic mass is 32.2. The number of aromatic nitrogens is 3. The topological polar surface area (TPSA) is 132 Å². The summed E-state index contributed by atoms with van der Waals surface area (Å²) in [5.74, 6) is -0.0379. The molecule has 1 aromatic heterocycles. The maximum atomic E-state index is 12.2. The molecule has 2 aliphatic carbocycles. The minimum Gasteiger partial charge on any atom is -0.370 e. The number of nitrogens with zero attached hydrogens (tertiary/aromatic N) is 3. The van der Waals surface area contributed by atoms with E-state index in [1.165, 1.54) is 11.8 Å². The highest BCUT2D eigenvalue weighted by Crippen LogP contribution is 2.39. The van der Waals surface area contributed by atoms with Crippen LogP contribution in [0.15, 0.2) is 5.16 Å². The monoisotopic (exact) mass is 366 g/mol. The van der Waals surface area contributed by atoms with Crippen LogP contribution in [0.2, 0.25) is 0 Å². The van der Waals surface area contributed by atoms with E-state index in [2.05, 4.69) is 20.8 Å². The Morgan fingerprint density at radius 3 is 2.60 bits per heavy atom. The average Bonchev–Trinajstić information content (AvgIpc) is 3.46. The largest absolute Gasteiger partial charge is 0.370 e. The van der Waals surface area contributed by atoms with E-state index in [1.807, 2.05) is 4.57 Å². The number of thioether (sulfide) groups is 1. The fraction of sp³-hybridized carbons (Fsp3) is 0.667. The van der Waals surface area contributed by atoms with Crippen molar-refractivity contribution >= 4 is 29.6 Å². The fourth-order valence-corrected chi connectivity index (χ4v) is 3.31. The van der Waals surface area contributed by atoms with Gasteiger partial charge >= 0.3 is 6.03 Å². The lowest BCUT2D eigenvalue weighted by Crippen LogP contribution is -2.43. The molecule has 0 saturated heterocycles. The predicted molar refractivity (Wildman–Crippen MR) is 90.8 cm³/mol. The minimum atomic E-state index is -0.490. The molecule has 10 heteroatoms. The molecule has 0 aromatic carbocycles. The summed E-state index contributed by atoms with van der Waals surface area (Å²) in [5, 5.41) is 13.5. The molecule has 0 bridgehead atoms. The van der Waals surface area contributed by atoms with Gasteiger partial charge in [0.2, 0.25) is 11.8 Å². The zero-order valence-electron chi connectivity index (χ0n) is 14.0. The normalized spacial score (nSPS) is 17.8. The van der Waals surface area contributed by atoms with E-state index in [9.17, 15) is 14.4 Å². The number of hydrogen-bond acceptors (Lipinski definition) is 6. The van der Waals surface area contributed by atoms with Crippen LogP contribution in [0.5, 0.6) is 0 Å². The number of amides is 4. The van der Waals surface area contributed by atoms with Gasteiger partial charge in [-0.15, -0.1) is 10.2 Å². The Labute approximate surface area is 149 Å². The van der Waals surface area contributed by atoms with Crippen molar-refractivity contribution in [1.29, 1.82) is 0 Å². The number of nitrogens with one attached hydrogen (secondary N) is 2. The van der Waals surface area contributed by atoms with Gasteiger partial charge in [0.1, 0.15) is 5.82 Å². The van der Waals surface area contributed by atoms with Crippen molar-refractivity contribution < 1.29 is 14.4 Å². The van der Waals surface area contributed by atoms with Crippen LogP contribution in [0, 0.1) is 0 Å². The minimum absolute atomic E-state index is 0.196. The van der Waals surface area contributed by atoms with Crippen molar-refractivity contribution in [1.82, 2.24) is 25.4 Å². The van der Waals surface area contributed by atoms with Gasteiger partial charge in [-0.3, -0.25) is 14.9 Å². The first-order chi connectivity index (χ1) is 11.9. The SMILES string of the molecule is C[C@@H](Sc1nnc(CCC(N)=O)n1C1CC1)C(=O)NC(=O)NC1CC1. The van der Waals surface area contributed by atoms with Crippen LogP contribution in [0.25, 0.3) is 0 Å². The number of carbonyl (C=O) groups is 3. The molecule has 0 unspecified atom stereocenters. The first-order valence-electron chi connectivity index (χ1n) is 8.44. The quantitative estimate of drug-likeness (QED) is 0.574. The summed E-state index contributed by atoms with van der Waals surface area (Å²) < 4.78 is 1.99. The molecule has 9 nitrogen and oxygen atoms in total. The third-order valence-corrected chi connectivity index (χ3v) is 5.10. The number of urea groups is 1. The van der Waals surface area contributed by atoms with Gasteiger partial charge in [0.05, 0.1) is 5.25 Å². The second-order valence-corrected chi connectivity index (χ2v) is 7.77. The van der Waals surface area contributed by atoms with Crippen LogP contribution < -0.4 is 16.4 Å². The second-order valence-electron chi connectivity index (χ2n) is 6.46. The number of imide groups is 1. The smallest absolute Gasteiger partial charge is 0.321 e. The Morgan fingerprint density at radius 2 is 2.00 bits per heavy atom. The molecule has 1 heterocycles. The molecule has 0 radical (unpaired) electrons. The molecule has 1 atom stereocenters. The molecule has 4 N–H and O–H groups in total. The van der Waals surface area contributed by atoms with Gasteiger partial charge in [0.15, 0.2) is 5.16 Å². The lowest BCUT2D eigenvalue weighted by molar-refractivity contribution is -0.119. The van der Waals surface area contributed by atoms with Crippen molar-refractivity contribution in [3.8, 4) is 0 Å². The van der Waals surface area contributed by atoms with E-state index in [1.54, 1.807) is 6.92 Å². The van der Waals surface area contributed by atoms with Crippen LogP contribution >= 0.6 is 11.8 Å². The van der Waals surface area contributed by atoms with Crippen LogP contribution in [-0.2, 0) is 16.0 Å². The van der Waals surface area contributed by atoms with E-state index >= 15 is 0 Å². The molecule has 1 aromatic rings. The lowest BCUT2D eigenvalue weighted by atomic mass is 10.3. The molecule has 4 amide bonds. The molecule has 25 heavy (non-hydrogen) atoms. The molecular weight excluding hydrogens is 344 g/mol. The Bertz CT molecular complexity index is 683. The summed E-state index contributed by atoms with van der Waals surface area (Å²) in [7, 11) is 0. The summed E-state index contributed by atoms with van der Waals surface area (Å²) in [5.41, 5.74) is 5.20. The molecule has 0 aliphatic heterocycles. The zero-order valence-corrected chi connectivity index (χ0v) is 14.8. The van der Waals surface area contributed by atoms with Crippen LogP contribution in [0.1, 0.15) is 50.9 Å². The fourth-order valence-electron chi connectivity index (χ4n) is 2.37. The van der Waals surface area contributed by atoms with E-state index < -0.39 is 11.3 Å². The van der Waals surface area contributed by atoms with Crippen LogP contribution in [0.4, 0.5) is 4.79 Å². The summed E-state index contributed by atoms with van der Waals surface area (Å²) in [6.45, 7) is 1.72. The Kier molecular flexibility index (Phi) is 5.26. The maximum absolute atomic E-state index is 12.2. The first kappa shape index (κ1) is 17.7. The zero-order chi connectivity index (χ0) is 18.0. The van der Waals surface area contributed by atoms with E-state index in [0.717, 1.165) is 25.7 Å². The Morgan fingerprint density at radius 1 is 1.28 bits per heavy atom. The van der Waals surface area contributed by atoms with Crippen molar-refractivity contribution in [3.05, 3.63) is 5.82 Å². The molecule has 2 aliphatic rings. The number of nitrogens with two attached hydrogens (primary N) is 1. The van der Waals surface area contributed by atoms with Gasteiger partial charge in [-0.2, -0.15) is 0 Å². The first-order valence-corrected chi connectivity index (χ1v) is 9.32. The average molecular weight is 366 g/mol. The van der Waals surface area contributed by atoms with Crippen LogP contribution in [0.3, 0.4) is 0 Å². The third-order valence-electron chi connectivity index (χ3n) is 4.04. The van der Waals surface area contributed by atoms with Crippen LogP contribution in [-0.4, -0.2) is 43.9 Å². The lowest BCUT2D eigenvalue weighted by Gasteiger charge is -2.13. The number of rotatable bonds is 8. The number of aryl methyl sites for hydroxylation is 1. The third kappa shape index (κ3) is 4.94. The molecule has 3 rings (SSSR count). The summed E-state index contributed by atoms with van der Waals surface area (Å²) in [6.07, 6.45) is 4.63. The molecular formula is C15H22N6O3S. The van der Waals surface area contributed by atoms with E-state index in [-0.39, 0.29) is 24.3 Å². The van der Waals surface area contributed by atoms with Gasteiger partial charge in [-0.05, 0) is 32.6 Å². The van der Waals surface area contributed by atoms with Gasteiger partial charge in [-0.25, -0.2) is 4.79 Å². The van der Waals surface area contributed by atoms with Gasteiger partial charge < -0.3 is 15.6 Å². The predicted octanol–water partition coefficient (Wildman–Crippen LogP) is 0.500. The number of hydrogen-bond donors (Lipinski definition) is 3. The highest BCUT2D eigenvalue weighted by molar-refractivity contribution is 8.00. The number of primary amides is 1. The van der Waals surface area contributed by atoms with Gasteiger partial charge in [0.25, 0.3) is 0 Å². The van der Waals surface area contributed by atoms with Crippen molar-refractivity contribution in [2.24, 2.45) is 5.73 Å².